The Morgan fingerprint density at radius 2 is 1.93 bits per heavy atom. The van der Waals surface area contributed by atoms with Gasteiger partial charge in [-0.1, -0.05) is 36.4 Å². The number of aryl methyl sites for hydroxylation is 1. The zero-order valence-electron chi connectivity index (χ0n) is 15.9. The Kier molecular flexibility index (Phi) is 5.65. The van der Waals surface area contributed by atoms with Crippen molar-refractivity contribution >= 4 is 23.5 Å². The molecule has 4 rings (SSSR count). The van der Waals surface area contributed by atoms with Gasteiger partial charge in [0.15, 0.2) is 0 Å². The van der Waals surface area contributed by atoms with Gasteiger partial charge in [-0.3, -0.25) is 9.69 Å². The monoisotopic (exact) mass is 389 g/mol. The first-order valence-corrected chi connectivity index (χ1v) is 10.3. The molecule has 1 aliphatic heterocycles. The van der Waals surface area contributed by atoms with Crippen LogP contribution >= 0.6 is 11.3 Å². The number of benzene rings is 2. The van der Waals surface area contributed by atoms with Gasteiger partial charge in [0.2, 0.25) is 0 Å². The molecule has 2 aromatic carbocycles. The molecule has 0 saturated heterocycles. The number of amides is 1. The molecule has 142 valence electrons. The van der Waals surface area contributed by atoms with Crippen molar-refractivity contribution in [2.45, 2.75) is 26.4 Å². The minimum Gasteiger partial charge on any atom is -0.294 e. The van der Waals surface area contributed by atoms with E-state index in [0.717, 1.165) is 36.5 Å². The molecule has 0 atom stereocenters. The molecule has 1 N–H and O–H groups in total. The summed E-state index contributed by atoms with van der Waals surface area (Å²) in [7, 11) is 0. The van der Waals surface area contributed by atoms with E-state index in [1.807, 2.05) is 42.6 Å². The van der Waals surface area contributed by atoms with Crippen molar-refractivity contribution in [3.05, 3.63) is 92.7 Å². The second-order valence-electron chi connectivity index (χ2n) is 7.09. The highest BCUT2D eigenvalue weighted by molar-refractivity contribution is 7.11. The van der Waals surface area contributed by atoms with E-state index < -0.39 is 0 Å². The van der Waals surface area contributed by atoms with Crippen molar-refractivity contribution in [1.82, 2.24) is 10.3 Å². The fourth-order valence-electron chi connectivity index (χ4n) is 3.44. The summed E-state index contributed by atoms with van der Waals surface area (Å²) in [6.45, 7) is 4.97. The Morgan fingerprint density at radius 3 is 2.68 bits per heavy atom. The molecular weight excluding hydrogens is 366 g/mol. The molecule has 1 aromatic heterocycles. The summed E-state index contributed by atoms with van der Waals surface area (Å²) in [5.41, 5.74) is 8.48. The zero-order chi connectivity index (χ0) is 19.3. The molecule has 1 amide bonds. The fourth-order valence-corrected chi connectivity index (χ4v) is 4.23. The van der Waals surface area contributed by atoms with Gasteiger partial charge in [0.1, 0.15) is 0 Å². The topological polar surface area (TPSA) is 44.7 Å². The van der Waals surface area contributed by atoms with Crippen molar-refractivity contribution in [3.63, 3.8) is 0 Å². The zero-order valence-corrected chi connectivity index (χ0v) is 16.7. The van der Waals surface area contributed by atoms with Crippen molar-refractivity contribution in [2.75, 3.05) is 6.54 Å². The third kappa shape index (κ3) is 4.38. The molecule has 28 heavy (non-hydrogen) atoms. The maximum atomic E-state index is 12.3. The van der Waals surface area contributed by atoms with Crippen molar-refractivity contribution in [2.24, 2.45) is 5.10 Å². The summed E-state index contributed by atoms with van der Waals surface area (Å²) in [6.07, 6.45) is 2.79. The highest BCUT2D eigenvalue weighted by atomic mass is 32.1. The molecule has 0 bridgehead atoms. The van der Waals surface area contributed by atoms with E-state index in [1.165, 1.54) is 16.7 Å². The third-order valence-corrected chi connectivity index (χ3v) is 6.04. The summed E-state index contributed by atoms with van der Waals surface area (Å²) in [5.74, 6) is -0.191. The Bertz CT molecular complexity index is 991. The van der Waals surface area contributed by atoms with Crippen LogP contribution in [0.4, 0.5) is 0 Å². The summed E-state index contributed by atoms with van der Waals surface area (Å²) in [4.78, 5) is 15.8. The van der Waals surface area contributed by atoms with Crippen LogP contribution in [0.15, 0.2) is 65.1 Å². The van der Waals surface area contributed by atoms with Crippen LogP contribution in [-0.4, -0.2) is 23.6 Å². The molecule has 0 aliphatic carbocycles. The van der Waals surface area contributed by atoms with E-state index in [-0.39, 0.29) is 5.91 Å². The van der Waals surface area contributed by atoms with Crippen LogP contribution in [0.25, 0.3) is 0 Å². The molecule has 0 spiro atoms. The van der Waals surface area contributed by atoms with Gasteiger partial charge in [0, 0.05) is 30.1 Å². The normalized spacial score (nSPS) is 14.2. The summed E-state index contributed by atoms with van der Waals surface area (Å²) in [5, 5.41) is 6.08. The molecule has 0 fully saturated rings. The number of carbonyl (C=O) groups is 1. The lowest BCUT2D eigenvalue weighted by atomic mass is 9.99. The Morgan fingerprint density at radius 1 is 1.14 bits per heavy atom. The van der Waals surface area contributed by atoms with Crippen LogP contribution in [0, 0.1) is 6.92 Å². The average molecular weight is 390 g/mol. The van der Waals surface area contributed by atoms with Crippen molar-refractivity contribution < 1.29 is 4.79 Å². The average Bonchev–Trinajstić information content (AvgIpc) is 3.13. The molecule has 4 nitrogen and oxygen atoms in total. The smallest absolute Gasteiger partial charge is 0.271 e. The van der Waals surface area contributed by atoms with Gasteiger partial charge < -0.3 is 0 Å². The van der Waals surface area contributed by atoms with Crippen LogP contribution < -0.4 is 5.43 Å². The first-order valence-electron chi connectivity index (χ1n) is 9.44. The molecule has 5 heteroatoms. The molecule has 2 heterocycles. The van der Waals surface area contributed by atoms with E-state index >= 15 is 0 Å². The highest BCUT2D eigenvalue weighted by Crippen LogP contribution is 2.20. The Balaban J connectivity index is 1.33. The molecule has 0 radical (unpaired) electrons. The number of nitrogens with zero attached hydrogens (tertiary/aromatic N) is 2. The quantitative estimate of drug-likeness (QED) is 0.520. The number of hydrogen-bond acceptors (Lipinski definition) is 4. The van der Waals surface area contributed by atoms with E-state index in [2.05, 4.69) is 39.7 Å². The van der Waals surface area contributed by atoms with E-state index in [9.17, 15) is 4.79 Å². The number of hydrazone groups is 1. The maximum Gasteiger partial charge on any atom is 0.271 e. The lowest BCUT2D eigenvalue weighted by molar-refractivity contribution is 0.0955. The number of nitrogens with one attached hydrogen (secondary N) is 1. The van der Waals surface area contributed by atoms with Crippen LogP contribution in [0.5, 0.6) is 0 Å². The molecule has 1 aliphatic rings. The predicted molar refractivity (Wildman–Crippen MR) is 115 cm³/mol. The van der Waals surface area contributed by atoms with Gasteiger partial charge in [-0.2, -0.15) is 5.10 Å². The fraction of sp³-hybridized carbons (Fsp3) is 0.217. The van der Waals surface area contributed by atoms with Crippen LogP contribution in [0.2, 0.25) is 0 Å². The first-order chi connectivity index (χ1) is 13.7. The SMILES string of the molecule is Cc1ccsc1/C=N/NC(=O)c1ccc(CN2CCc3ccccc3C2)cc1. The Labute approximate surface area is 169 Å². The van der Waals surface area contributed by atoms with Gasteiger partial charge in [-0.25, -0.2) is 5.43 Å². The minimum atomic E-state index is -0.191. The lowest BCUT2D eigenvalue weighted by Crippen LogP contribution is -2.30. The van der Waals surface area contributed by atoms with E-state index in [4.69, 9.17) is 0 Å². The van der Waals surface area contributed by atoms with E-state index in [1.54, 1.807) is 17.6 Å². The molecule has 0 saturated carbocycles. The van der Waals surface area contributed by atoms with Crippen LogP contribution in [0.1, 0.15) is 37.5 Å². The summed E-state index contributed by atoms with van der Waals surface area (Å²) < 4.78 is 0. The predicted octanol–water partition coefficient (Wildman–Crippen LogP) is 4.38. The molecule has 0 unspecified atom stereocenters. The largest absolute Gasteiger partial charge is 0.294 e. The second kappa shape index (κ2) is 8.50. The van der Waals surface area contributed by atoms with E-state index in [0.29, 0.717) is 5.56 Å². The highest BCUT2D eigenvalue weighted by Gasteiger charge is 2.15. The summed E-state index contributed by atoms with van der Waals surface area (Å²) >= 11 is 1.61. The number of fused-ring (bicyclic) bond motifs is 1. The first kappa shape index (κ1) is 18.6. The lowest BCUT2D eigenvalue weighted by Gasteiger charge is -2.28. The van der Waals surface area contributed by atoms with Crippen LogP contribution in [0.3, 0.4) is 0 Å². The van der Waals surface area contributed by atoms with Crippen molar-refractivity contribution in [3.8, 4) is 0 Å². The van der Waals surface area contributed by atoms with Crippen LogP contribution in [-0.2, 0) is 19.5 Å². The minimum absolute atomic E-state index is 0.191. The maximum absolute atomic E-state index is 12.3. The number of thiophene rings is 1. The standard InChI is InChI=1S/C23H23N3OS/c1-17-11-13-28-22(17)14-24-25-23(27)20-8-6-18(7-9-20)15-26-12-10-19-4-2-3-5-21(19)16-26/h2-9,11,13-14H,10,12,15-16H2,1H3,(H,25,27)/b24-14+. The van der Waals surface area contributed by atoms with Gasteiger partial charge in [0.05, 0.1) is 6.21 Å². The summed E-state index contributed by atoms with van der Waals surface area (Å²) in [6, 6.07) is 18.5. The third-order valence-electron chi connectivity index (χ3n) is 5.08. The number of rotatable bonds is 5. The second-order valence-corrected chi connectivity index (χ2v) is 8.04. The molecular formula is C23H23N3OS. The van der Waals surface area contributed by atoms with Gasteiger partial charge in [-0.05, 0) is 59.2 Å². The van der Waals surface area contributed by atoms with Gasteiger partial charge >= 0.3 is 0 Å². The van der Waals surface area contributed by atoms with Crippen molar-refractivity contribution in [1.29, 1.82) is 0 Å². The van der Waals surface area contributed by atoms with Gasteiger partial charge in [0.25, 0.3) is 5.91 Å². The van der Waals surface area contributed by atoms with Gasteiger partial charge in [-0.15, -0.1) is 11.3 Å². The number of hydrogen-bond donors (Lipinski definition) is 1. The Hall–Kier alpha value is -2.76. The number of carbonyl (C=O) groups excluding carboxylic acids is 1. The molecule has 3 aromatic rings.